The van der Waals surface area contributed by atoms with E-state index in [4.69, 9.17) is 19.9 Å². The molecule has 0 saturated carbocycles. The van der Waals surface area contributed by atoms with Crippen molar-refractivity contribution in [3.63, 3.8) is 0 Å². The Morgan fingerprint density at radius 3 is 1.69 bits per heavy atom. The summed E-state index contributed by atoms with van der Waals surface area (Å²) in [4.78, 5) is 25.0. The second kappa shape index (κ2) is 13.8. The number of pyridine rings is 2. The van der Waals surface area contributed by atoms with Crippen molar-refractivity contribution in [2.24, 2.45) is 0 Å². The Labute approximate surface area is 342 Å². The molecule has 11 rings (SSSR count). The van der Waals surface area contributed by atoms with E-state index in [-0.39, 0.29) is 5.41 Å². The highest BCUT2D eigenvalue weighted by Gasteiger charge is 2.36. The van der Waals surface area contributed by atoms with Gasteiger partial charge in [0.15, 0.2) is 17.5 Å². The van der Waals surface area contributed by atoms with Crippen LogP contribution in [0.4, 0.5) is 0 Å². The maximum Gasteiger partial charge on any atom is 0.164 e. The van der Waals surface area contributed by atoms with Crippen molar-refractivity contribution < 1.29 is 0 Å². The molecule has 0 unspecified atom stereocenters. The molecule has 7 aromatic carbocycles. The van der Waals surface area contributed by atoms with Gasteiger partial charge in [0.25, 0.3) is 0 Å². The Hall–Kier alpha value is -7.63. The number of hydrogen-bond donors (Lipinski definition) is 0. The molecule has 5 nitrogen and oxygen atoms in total. The molecule has 0 amide bonds. The van der Waals surface area contributed by atoms with Gasteiger partial charge in [-0.25, -0.2) is 19.9 Å². The van der Waals surface area contributed by atoms with Crippen molar-refractivity contribution in [1.29, 1.82) is 0 Å². The molecule has 0 radical (unpaired) electrons. The molecule has 278 valence electrons. The van der Waals surface area contributed by atoms with E-state index < -0.39 is 0 Å². The minimum Gasteiger partial charge on any atom is -0.264 e. The zero-order chi connectivity index (χ0) is 39.5. The molecule has 0 aliphatic heterocycles. The van der Waals surface area contributed by atoms with Crippen LogP contribution in [0.5, 0.6) is 0 Å². The first-order valence-electron chi connectivity index (χ1n) is 20.0. The summed E-state index contributed by atoms with van der Waals surface area (Å²) in [5.74, 6) is 1.88. The first-order valence-corrected chi connectivity index (χ1v) is 20.0. The van der Waals surface area contributed by atoms with Crippen molar-refractivity contribution >= 4 is 21.7 Å². The number of rotatable bonds is 6. The van der Waals surface area contributed by atoms with Gasteiger partial charge in [-0.15, -0.1) is 0 Å². The van der Waals surface area contributed by atoms with Gasteiger partial charge in [0.1, 0.15) is 0 Å². The van der Waals surface area contributed by atoms with Crippen LogP contribution in [0.2, 0.25) is 0 Å². The van der Waals surface area contributed by atoms with E-state index in [1.165, 1.54) is 27.8 Å². The lowest BCUT2D eigenvalue weighted by molar-refractivity contribution is 0.660. The predicted molar refractivity (Wildman–Crippen MR) is 241 cm³/mol. The Kier molecular flexibility index (Phi) is 8.09. The average Bonchev–Trinajstić information content (AvgIpc) is 3.55. The van der Waals surface area contributed by atoms with Gasteiger partial charge in [-0.05, 0) is 80.2 Å². The second-order valence-corrected chi connectivity index (χ2v) is 15.7. The molecule has 1 aliphatic carbocycles. The molecule has 5 heteroatoms. The molecule has 1 aliphatic rings. The van der Waals surface area contributed by atoms with Crippen LogP contribution in [-0.4, -0.2) is 24.9 Å². The highest BCUT2D eigenvalue weighted by Crippen LogP contribution is 2.52. The highest BCUT2D eigenvalue weighted by molar-refractivity contribution is 6.10. The fourth-order valence-corrected chi connectivity index (χ4v) is 8.85. The largest absolute Gasteiger partial charge is 0.264 e. The normalized spacial score (nSPS) is 12.7. The maximum atomic E-state index is 5.17. The Bertz CT molecular complexity index is 3170. The van der Waals surface area contributed by atoms with Crippen molar-refractivity contribution in [3.8, 4) is 78.8 Å². The third-order valence-electron chi connectivity index (χ3n) is 11.8. The van der Waals surface area contributed by atoms with Gasteiger partial charge in [0.05, 0.1) is 11.2 Å². The Balaban J connectivity index is 1.12. The summed E-state index contributed by atoms with van der Waals surface area (Å²) < 4.78 is 0. The lowest BCUT2D eigenvalue weighted by Crippen LogP contribution is -2.14. The molecule has 0 fully saturated rings. The van der Waals surface area contributed by atoms with Crippen LogP contribution in [-0.2, 0) is 5.41 Å². The van der Waals surface area contributed by atoms with Crippen LogP contribution in [0.3, 0.4) is 0 Å². The maximum absolute atomic E-state index is 5.17. The van der Waals surface area contributed by atoms with Crippen LogP contribution >= 0.6 is 0 Å². The quantitative estimate of drug-likeness (QED) is 0.158. The number of fused-ring (bicyclic) bond motifs is 6. The summed E-state index contributed by atoms with van der Waals surface area (Å²) in [5.41, 5.74) is 15.2. The lowest BCUT2D eigenvalue weighted by atomic mass is 9.82. The third-order valence-corrected chi connectivity index (χ3v) is 11.8. The van der Waals surface area contributed by atoms with Gasteiger partial charge < -0.3 is 0 Å². The average molecular weight is 756 g/mol. The van der Waals surface area contributed by atoms with E-state index >= 15 is 0 Å². The van der Waals surface area contributed by atoms with E-state index in [2.05, 4.69) is 128 Å². The summed E-state index contributed by atoms with van der Waals surface area (Å²) in [6, 6.07) is 61.8. The first kappa shape index (κ1) is 34.6. The van der Waals surface area contributed by atoms with Crippen molar-refractivity contribution in [2.75, 3.05) is 0 Å². The molecule has 0 saturated heterocycles. The smallest absolute Gasteiger partial charge is 0.164 e. The van der Waals surface area contributed by atoms with Gasteiger partial charge in [-0.3, -0.25) is 4.98 Å². The van der Waals surface area contributed by atoms with Crippen molar-refractivity contribution in [3.05, 3.63) is 199 Å². The number of hydrogen-bond acceptors (Lipinski definition) is 5. The molecule has 3 aromatic heterocycles. The van der Waals surface area contributed by atoms with Crippen LogP contribution in [0.1, 0.15) is 25.0 Å². The summed E-state index contributed by atoms with van der Waals surface area (Å²) >= 11 is 0. The number of aromatic nitrogens is 5. The molecule has 0 spiro atoms. The van der Waals surface area contributed by atoms with Gasteiger partial charge in [0.2, 0.25) is 0 Å². The fraction of sp³-hybridized carbons (Fsp3) is 0.0556. The first-order chi connectivity index (χ1) is 29.0. The minimum absolute atomic E-state index is 0.127. The van der Waals surface area contributed by atoms with Gasteiger partial charge in [0, 0.05) is 50.8 Å². The molecule has 0 atom stereocenters. The highest BCUT2D eigenvalue weighted by atomic mass is 15.0. The Morgan fingerprint density at radius 2 is 0.949 bits per heavy atom. The number of nitrogens with zero attached hydrogens (tertiary/aromatic N) is 5. The summed E-state index contributed by atoms with van der Waals surface area (Å²) in [5, 5.41) is 3.30. The SMILES string of the molecule is CC1(C)c2ccccc2-c2c(-c3cc(-c4ccc(-c5nc6ccccc6c6ccncc56)cc4)cc(-c4nc(-c5ccccc5)nc(-c5ccccc5)n4)c3)cccc21. The molecule has 0 N–H and O–H groups in total. The van der Waals surface area contributed by atoms with E-state index in [1.54, 1.807) is 0 Å². The van der Waals surface area contributed by atoms with Gasteiger partial charge in [-0.2, -0.15) is 0 Å². The van der Waals surface area contributed by atoms with E-state index in [1.807, 2.05) is 79.1 Å². The van der Waals surface area contributed by atoms with E-state index in [0.717, 1.165) is 66.3 Å². The fourth-order valence-electron chi connectivity index (χ4n) is 8.85. The van der Waals surface area contributed by atoms with E-state index in [9.17, 15) is 0 Å². The van der Waals surface area contributed by atoms with Crippen LogP contribution in [0, 0.1) is 0 Å². The topological polar surface area (TPSA) is 64.5 Å². The molecular formula is C54H37N5. The van der Waals surface area contributed by atoms with E-state index in [0.29, 0.717) is 17.5 Å². The van der Waals surface area contributed by atoms with Crippen LogP contribution in [0.25, 0.3) is 100 Å². The second-order valence-electron chi connectivity index (χ2n) is 15.7. The van der Waals surface area contributed by atoms with Gasteiger partial charge >= 0.3 is 0 Å². The summed E-state index contributed by atoms with van der Waals surface area (Å²) in [7, 11) is 0. The van der Waals surface area contributed by atoms with Gasteiger partial charge in [-0.1, -0.05) is 159 Å². The molecular weight excluding hydrogens is 719 g/mol. The zero-order valence-corrected chi connectivity index (χ0v) is 32.6. The third kappa shape index (κ3) is 5.90. The lowest BCUT2D eigenvalue weighted by Gasteiger charge is -2.21. The molecule has 10 aromatic rings. The summed E-state index contributed by atoms with van der Waals surface area (Å²) in [6.45, 7) is 4.66. The minimum atomic E-state index is -0.127. The summed E-state index contributed by atoms with van der Waals surface area (Å²) in [6.07, 6.45) is 3.78. The Morgan fingerprint density at radius 1 is 0.373 bits per heavy atom. The molecule has 59 heavy (non-hydrogen) atoms. The zero-order valence-electron chi connectivity index (χ0n) is 32.6. The monoisotopic (exact) mass is 755 g/mol. The van der Waals surface area contributed by atoms with Crippen LogP contribution < -0.4 is 0 Å². The van der Waals surface area contributed by atoms with Crippen LogP contribution in [0.15, 0.2) is 188 Å². The molecule has 0 bridgehead atoms. The number of para-hydroxylation sites is 1. The molecule has 3 heterocycles. The standard InChI is InChI=1S/C54H37N5/c1-54(2)46-21-11-9-19-44(46)49-41(20-13-22-47(49)54)39-30-38(34-24-26-35(27-25-34)50-45-33-55-29-28-42(45)43-18-10-12-23-48(43)56-50)31-40(32-39)53-58-51(36-14-5-3-6-15-36)57-52(59-53)37-16-7-4-8-17-37/h3-33H,1-2H3. The van der Waals surface area contributed by atoms with Crippen molar-refractivity contribution in [2.45, 2.75) is 19.3 Å². The van der Waals surface area contributed by atoms with Crippen molar-refractivity contribution in [1.82, 2.24) is 24.9 Å². The number of benzene rings is 7. The predicted octanol–water partition coefficient (Wildman–Crippen LogP) is 13.3.